The first kappa shape index (κ1) is 11.6. The van der Waals surface area contributed by atoms with E-state index in [4.69, 9.17) is 0 Å². The third kappa shape index (κ3) is 1.81. The lowest BCUT2D eigenvalue weighted by atomic mass is 10.0. The number of nitrogens with zero attached hydrogens (tertiary/aromatic N) is 1. The van der Waals surface area contributed by atoms with Crippen LogP contribution in [0.3, 0.4) is 0 Å². The molecule has 0 saturated carbocycles. The average Bonchev–Trinajstić information content (AvgIpc) is 2.77. The van der Waals surface area contributed by atoms with E-state index in [0.717, 1.165) is 15.7 Å². The van der Waals surface area contributed by atoms with Crippen molar-refractivity contribution < 1.29 is 14.4 Å². The summed E-state index contributed by atoms with van der Waals surface area (Å²) >= 11 is 0. The van der Waals surface area contributed by atoms with Crippen LogP contribution in [0.1, 0.15) is 23.2 Å². The number of carbonyl (C=O) groups is 3. The largest absolute Gasteiger partial charge is 0.274 e. The van der Waals surface area contributed by atoms with Crippen molar-refractivity contribution in [2.75, 3.05) is 0 Å². The molecule has 0 N–H and O–H groups in total. The molecule has 3 rings (SSSR count). The molecule has 2 aromatic rings. The zero-order valence-electron chi connectivity index (χ0n) is 10.1. The monoisotopic (exact) mass is 253 g/mol. The summed E-state index contributed by atoms with van der Waals surface area (Å²) in [6, 6.07) is 12.7. The number of likely N-dealkylation sites (tertiary alicyclic amines) is 1. The summed E-state index contributed by atoms with van der Waals surface area (Å²) in [5, 5.41) is 1.66. The molecule has 0 atom stereocenters. The van der Waals surface area contributed by atoms with Gasteiger partial charge < -0.3 is 0 Å². The van der Waals surface area contributed by atoms with Crippen LogP contribution in [-0.2, 0) is 9.59 Å². The third-order valence-electron chi connectivity index (χ3n) is 3.27. The Labute approximate surface area is 109 Å². The Morgan fingerprint density at radius 2 is 1.53 bits per heavy atom. The van der Waals surface area contributed by atoms with Crippen LogP contribution in [0.15, 0.2) is 42.5 Å². The van der Waals surface area contributed by atoms with Crippen molar-refractivity contribution in [3.63, 3.8) is 0 Å². The second-order valence-electron chi connectivity index (χ2n) is 4.45. The predicted octanol–water partition coefficient (Wildman–Crippen LogP) is 2.13. The van der Waals surface area contributed by atoms with E-state index in [-0.39, 0.29) is 12.8 Å². The lowest BCUT2D eigenvalue weighted by Crippen LogP contribution is -2.35. The van der Waals surface area contributed by atoms with Crippen LogP contribution in [0.25, 0.3) is 10.8 Å². The molecular formula is C15H11NO3. The summed E-state index contributed by atoms with van der Waals surface area (Å²) < 4.78 is 0. The van der Waals surface area contributed by atoms with Gasteiger partial charge in [-0.3, -0.25) is 14.4 Å². The van der Waals surface area contributed by atoms with Crippen molar-refractivity contribution in [3.05, 3.63) is 48.0 Å². The molecule has 1 heterocycles. The second kappa shape index (κ2) is 4.31. The van der Waals surface area contributed by atoms with Crippen LogP contribution < -0.4 is 0 Å². The molecule has 4 heteroatoms. The Morgan fingerprint density at radius 3 is 2.26 bits per heavy atom. The number of rotatable bonds is 1. The van der Waals surface area contributed by atoms with Crippen molar-refractivity contribution in [1.82, 2.24) is 4.90 Å². The van der Waals surface area contributed by atoms with Crippen LogP contribution in [0.4, 0.5) is 0 Å². The standard InChI is InChI=1S/C15H11NO3/c17-13-8-9-14(18)16(13)15(19)12-7-3-5-10-4-1-2-6-11(10)12/h1-7H,8-9H2. The molecule has 0 unspecified atom stereocenters. The van der Waals surface area contributed by atoms with Gasteiger partial charge in [-0.15, -0.1) is 0 Å². The number of hydrogen-bond acceptors (Lipinski definition) is 3. The highest BCUT2D eigenvalue weighted by Gasteiger charge is 2.35. The van der Waals surface area contributed by atoms with E-state index in [9.17, 15) is 14.4 Å². The average molecular weight is 253 g/mol. The topological polar surface area (TPSA) is 54.5 Å². The highest BCUT2D eigenvalue weighted by Crippen LogP contribution is 2.22. The summed E-state index contributed by atoms with van der Waals surface area (Å²) in [7, 11) is 0. The molecule has 1 saturated heterocycles. The van der Waals surface area contributed by atoms with Crippen LogP contribution in [0, 0.1) is 0 Å². The quantitative estimate of drug-likeness (QED) is 0.731. The molecule has 0 bridgehead atoms. The van der Waals surface area contributed by atoms with E-state index in [1.165, 1.54) is 0 Å². The molecule has 19 heavy (non-hydrogen) atoms. The molecule has 1 aliphatic rings. The number of fused-ring (bicyclic) bond motifs is 1. The van der Waals surface area contributed by atoms with Crippen molar-refractivity contribution in [3.8, 4) is 0 Å². The molecular weight excluding hydrogens is 242 g/mol. The van der Waals surface area contributed by atoms with Gasteiger partial charge in [-0.25, -0.2) is 4.90 Å². The molecule has 3 amide bonds. The van der Waals surface area contributed by atoms with E-state index in [1.54, 1.807) is 12.1 Å². The molecule has 1 aliphatic heterocycles. The van der Waals surface area contributed by atoms with Gasteiger partial charge in [-0.1, -0.05) is 36.4 Å². The van der Waals surface area contributed by atoms with E-state index in [2.05, 4.69) is 0 Å². The zero-order valence-corrected chi connectivity index (χ0v) is 10.1. The first-order valence-corrected chi connectivity index (χ1v) is 6.06. The molecule has 94 valence electrons. The SMILES string of the molecule is O=C1CCC(=O)N1C(=O)c1cccc2ccccc12. The fourth-order valence-corrected chi connectivity index (χ4v) is 2.34. The number of imide groups is 3. The van der Waals surface area contributed by atoms with Gasteiger partial charge >= 0.3 is 0 Å². The van der Waals surface area contributed by atoms with E-state index < -0.39 is 17.7 Å². The van der Waals surface area contributed by atoms with Gasteiger partial charge in [0, 0.05) is 18.4 Å². The first-order valence-electron chi connectivity index (χ1n) is 6.06. The highest BCUT2D eigenvalue weighted by atomic mass is 16.2. The minimum absolute atomic E-state index is 0.120. The summed E-state index contributed by atoms with van der Waals surface area (Å²) in [5.74, 6) is -1.35. The van der Waals surface area contributed by atoms with Crippen LogP contribution in [-0.4, -0.2) is 22.6 Å². The van der Waals surface area contributed by atoms with Crippen molar-refractivity contribution in [2.24, 2.45) is 0 Å². The molecule has 0 radical (unpaired) electrons. The lowest BCUT2D eigenvalue weighted by molar-refractivity contribution is -0.134. The summed E-state index contributed by atoms with van der Waals surface area (Å²) in [5.41, 5.74) is 0.390. The van der Waals surface area contributed by atoms with Gasteiger partial charge in [-0.05, 0) is 16.8 Å². The highest BCUT2D eigenvalue weighted by molar-refractivity contribution is 6.22. The molecule has 0 aliphatic carbocycles. The second-order valence-corrected chi connectivity index (χ2v) is 4.45. The lowest BCUT2D eigenvalue weighted by Gasteiger charge is -2.13. The Hall–Kier alpha value is -2.49. The molecule has 0 spiro atoms. The number of carbonyl (C=O) groups excluding carboxylic acids is 3. The van der Waals surface area contributed by atoms with E-state index >= 15 is 0 Å². The number of benzene rings is 2. The number of hydrogen-bond donors (Lipinski definition) is 0. The Kier molecular flexibility index (Phi) is 2.63. The minimum atomic E-state index is -0.524. The molecule has 1 fully saturated rings. The molecule has 0 aromatic heterocycles. The van der Waals surface area contributed by atoms with Gasteiger partial charge in [0.15, 0.2) is 0 Å². The van der Waals surface area contributed by atoms with Crippen LogP contribution in [0.5, 0.6) is 0 Å². The van der Waals surface area contributed by atoms with Gasteiger partial charge in [0.1, 0.15) is 0 Å². The Balaban J connectivity index is 2.12. The van der Waals surface area contributed by atoms with Gasteiger partial charge in [0.05, 0.1) is 0 Å². The fourth-order valence-electron chi connectivity index (χ4n) is 2.34. The van der Waals surface area contributed by atoms with Crippen LogP contribution >= 0.6 is 0 Å². The van der Waals surface area contributed by atoms with E-state index in [1.807, 2.05) is 30.3 Å². The zero-order chi connectivity index (χ0) is 13.4. The maximum absolute atomic E-state index is 12.4. The van der Waals surface area contributed by atoms with Gasteiger partial charge in [0.25, 0.3) is 5.91 Å². The molecule has 4 nitrogen and oxygen atoms in total. The predicted molar refractivity (Wildman–Crippen MR) is 69.4 cm³/mol. The normalized spacial score (nSPS) is 15.3. The maximum Gasteiger partial charge on any atom is 0.267 e. The van der Waals surface area contributed by atoms with Crippen molar-refractivity contribution >= 4 is 28.5 Å². The van der Waals surface area contributed by atoms with Gasteiger partial charge in [0.2, 0.25) is 11.8 Å². The Morgan fingerprint density at radius 1 is 0.895 bits per heavy atom. The third-order valence-corrected chi connectivity index (χ3v) is 3.27. The maximum atomic E-state index is 12.4. The molecule has 2 aromatic carbocycles. The van der Waals surface area contributed by atoms with Gasteiger partial charge in [-0.2, -0.15) is 0 Å². The van der Waals surface area contributed by atoms with E-state index in [0.29, 0.717) is 5.56 Å². The summed E-state index contributed by atoms with van der Waals surface area (Å²) in [4.78, 5) is 36.4. The van der Waals surface area contributed by atoms with Crippen molar-refractivity contribution in [2.45, 2.75) is 12.8 Å². The first-order chi connectivity index (χ1) is 9.18. The summed E-state index contributed by atoms with van der Waals surface area (Å²) in [6.07, 6.45) is 0.241. The Bertz CT molecular complexity index is 684. The number of amides is 3. The minimum Gasteiger partial charge on any atom is -0.274 e. The fraction of sp³-hybridized carbons (Fsp3) is 0.133. The van der Waals surface area contributed by atoms with Crippen molar-refractivity contribution in [1.29, 1.82) is 0 Å². The summed E-state index contributed by atoms with van der Waals surface area (Å²) in [6.45, 7) is 0. The smallest absolute Gasteiger partial charge is 0.267 e. The van der Waals surface area contributed by atoms with Crippen LogP contribution in [0.2, 0.25) is 0 Å².